The van der Waals surface area contributed by atoms with Crippen LogP contribution < -0.4 is 5.32 Å². The smallest absolute Gasteiger partial charge is 0.273 e. The summed E-state index contributed by atoms with van der Waals surface area (Å²) in [4.78, 5) is 16.1. The highest BCUT2D eigenvalue weighted by molar-refractivity contribution is 5.92. The lowest BCUT2D eigenvalue weighted by molar-refractivity contribution is 0.0931. The van der Waals surface area contributed by atoms with Crippen LogP contribution in [0.5, 0.6) is 0 Å². The number of H-pyrrole nitrogens is 1. The van der Waals surface area contributed by atoms with Gasteiger partial charge in [-0.2, -0.15) is 15.4 Å². The zero-order chi connectivity index (χ0) is 11.7. The van der Waals surface area contributed by atoms with E-state index in [0.29, 0.717) is 5.69 Å². The Bertz CT molecular complexity index is 537. The van der Waals surface area contributed by atoms with Gasteiger partial charge in [0.1, 0.15) is 0 Å². The van der Waals surface area contributed by atoms with Gasteiger partial charge in [0, 0.05) is 6.20 Å². The monoisotopic (exact) mass is 229 g/mol. The Morgan fingerprint density at radius 1 is 1.53 bits per heavy atom. The van der Waals surface area contributed by atoms with E-state index in [1.165, 1.54) is 11.8 Å². The quantitative estimate of drug-likeness (QED) is 0.790. The van der Waals surface area contributed by atoms with Crippen molar-refractivity contribution in [2.45, 2.75) is 18.9 Å². The molecule has 6 nitrogen and oxygen atoms in total. The largest absolute Gasteiger partial charge is 0.342 e. The van der Waals surface area contributed by atoms with Crippen LogP contribution >= 0.6 is 0 Å². The first-order valence-corrected chi connectivity index (χ1v) is 5.45. The average molecular weight is 229 g/mol. The minimum atomic E-state index is -0.220. The third kappa shape index (κ3) is 1.77. The third-order valence-electron chi connectivity index (χ3n) is 2.91. The number of hydrogen-bond acceptors (Lipinski definition) is 4. The Balaban J connectivity index is 1.78. The van der Waals surface area contributed by atoms with Crippen LogP contribution in [0.25, 0.3) is 0 Å². The van der Waals surface area contributed by atoms with Crippen molar-refractivity contribution in [3.05, 3.63) is 41.5 Å². The lowest BCUT2D eigenvalue weighted by Crippen LogP contribution is -2.27. The molecule has 2 N–H and O–H groups in total. The lowest BCUT2D eigenvalue weighted by Gasteiger charge is -2.11. The number of hydrogen-bond donors (Lipinski definition) is 2. The molecule has 0 spiro atoms. The van der Waals surface area contributed by atoms with Crippen LogP contribution in [0.15, 0.2) is 24.5 Å². The Labute approximate surface area is 97.5 Å². The second kappa shape index (κ2) is 3.97. The standard InChI is InChI=1S/C11H11N5O/c17-11(9-6-13-16-15-9)14-8-4-3-7-2-1-5-12-10(7)8/h1-2,5-6,8H,3-4H2,(H,14,17)(H,13,15,16). The van der Waals surface area contributed by atoms with E-state index in [1.54, 1.807) is 6.20 Å². The highest BCUT2D eigenvalue weighted by Gasteiger charge is 2.25. The molecule has 2 aromatic rings. The predicted molar refractivity (Wildman–Crippen MR) is 59.1 cm³/mol. The SMILES string of the molecule is O=C(NC1CCc2cccnc21)c1cn[nH]n1. The number of carbonyl (C=O) groups excluding carboxylic acids is 1. The van der Waals surface area contributed by atoms with Crippen molar-refractivity contribution in [3.8, 4) is 0 Å². The fourth-order valence-electron chi connectivity index (χ4n) is 2.10. The highest BCUT2D eigenvalue weighted by Crippen LogP contribution is 2.28. The predicted octanol–water partition coefficient (Wildman–Crippen LogP) is 0.617. The van der Waals surface area contributed by atoms with Crippen LogP contribution in [-0.2, 0) is 6.42 Å². The zero-order valence-electron chi connectivity index (χ0n) is 9.05. The lowest BCUT2D eigenvalue weighted by atomic mass is 10.2. The summed E-state index contributed by atoms with van der Waals surface area (Å²) in [7, 11) is 0. The number of pyridine rings is 1. The molecule has 6 heteroatoms. The first-order chi connectivity index (χ1) is 8.34. The van der Waals surface area contributed by atoms with Crippen molar-refractivity contribution in [1.82, 2.24) is 25.7 Å². The van der Waals surface area contributed by atoms with Gasteiger partial charge in [0.2, 0.25) is 0 Å². The van der Waals surface area contributed by atoms with E-state index in [1.807, 2.05) is 12.1 Å². The molecule has 1 unspecified atom stereocenters. The Morgan fingerprint density at radius 2 is 2.47 bits per heavy atom. The molecule has 0 saturated carbocycles. The molecule has 86 valence electrons. The maximum atomic E-state index is 11.8. The summed E-state index contributed by atoms with van der Waals surface area (Å²) in [5.74, 6) is -0.220. The molecule has 0 bridgehead atoms. The fourth-order valence-corrected chi connectivity index (χ4v) is 2.10. The van der Waals surface area contributed by atoms with E-state index < -0.39 is 0 Å². The maximum absolute atomic E-state index is 11.8. The molecule has 3 rings (SSSR count). The number of nitrogens with zero attached hydrogens (tertiary/aromatic N) is 3. The number of aromatic amines is 1. The van der Waals surface area contributed by atoms with Gasteiger partial charge in [-0.25, -0.2) is 0 Å². The highest BCUT2D eigenvalue weighted by atomic mass is 16.2. The van der Waals surface area contributed by atoms with Gasteiger partial charge in [0.15, 0.2) is 5.69 Å². The van der Waals surface area contributed by atoms with Crippen molar-refractivity contribution in [1.29, 1.82) is 0 Å². The van der Waals surface area contributed by atoms with Gasteiger partial charge < -0.3 is 5.32 Å². The number of aryl methyl sites for hydroxylation is 1. The molecule has 0 radical (unpaired) electrons. The van der Waals surface area contributed by atoms with Crippen LogP contribution in [0.3, 0.4) is 0 Å². The van der Waals surface area contributed by atoms with Gasteiger partial charge >= 0.3 is 0 Å². The van der Waals surface area contributed by atoms with Crippen molar-refractivity contribution in [3.63, 3.8) is 0 Å². The molecule has 2 heterocycles. The van der Waals surface area contributed by atoms with Crippen LogP contribution in [0, 0.1) is 0 Å². The van der Waals surface area contributed by atoms with E-state index in [0.717, 1.165) is 18.5 Å². The average Bonchev–Trinajstić information content (AvgIpc) is 2.98. The molecule has 2 aromatic heterocycles. The van der Waals surface area contributed by atoms with Gasteiger partial charge in [0.05, 0.1) is 17.9 Å². The zero-order valence-corrected chi connectivity index (χ0v) is 9.05. The van der Waals surface area contributed by atoms with E-state index in [4.69, 9.17) is 0 Å². The number of rotatable bonds is 2. The van der Waals surface area contributed by atoms with Crippen LogP contribution in [0.4, 0.5) is 0 Å². The molecule has 1 amide bonds. The second-order valence-corrected chi connectivity index (χ2v) is 3.97. The number of fused-ring (bicyclic) bond motifs is 1. The summed E-state index contributed by atoms with van der Waals surface area (Å²) in [5, 5.41) is 12.7. The van der Waals surface area contributed by atoms with E-state index in [-0.39, 0.29) is 11.9 Å². The van der Waals surface area contributed by atoms with Crippen LogP contribution in [0.1, 0.15) is 34.2 Å². The molecule has 17 heavy (non-hydrogen) atoms. The van der Waals surface area contributed by atoms with Crippen molar-refractivity contribution >= 4 is 5.91 Å². The summed E-state index contributed by atoms with van der Waals surface area (Å²) >= 11 is 0. The van der Waals surface area contributed by atoms with Gasteiger partial charge in [-0.15, -0.1) is 0 Å². The second-order valence-electron chi connectivity index (χ2n) is 3.97. The minimum absolute atomic E-state index is 0.0181. The molecular formula is C11H11N5O. The van der Waals surface area contributed by atoms with E-state index >= 15 is 0 Å². The third-order valence-corrected chi connectivity index (χ3v) is 2.91. The van der Waals surface area contributed by atoms with E-state index in [2.05, 4.69) is 25.7 Å². The number of carbonyl (C=O) groups is 1. The molecule has 0 aliphatic heterocycles. The van der Waals surface area contributed by atoms with Crippen molar-refractivity contribution < 1.29 is 4.79 Å². The first kappa shape index (κ1) is 9.95. The summed E-state index contributed by atoms with van der Waals surface area (Å²) in [6, 6.07) is 3.95. The number of nitrogens with one attached hydrogen (secondary N) is 2. The number of amides is 1. The van der Waals surface area contributed by atoms with Crippen molar-refractivity contribution in [2.75, 3.05) is 0 Å². The molecule has 1 aliphatic rings. The summed E-state index contributed by atoms with van der Waals surface area (Å²) in [6.45, 7) is 0. The van der Waals surface area contributed by atoms with Crippen LogP contribution in [0.2, 0.25) is 0 Å². The normalized spacial score (nSPS) is 17.8. The minimum Gasteiger partial charge on any atom is -0.342 e. The fraction of sp³-hybridized carbons (Fsp3) is 0.273. The van der Waals surface area contributed by atoms with Crippen molar-refractivity contribution in [2.24, 2.45) is 0 Å². The Kier molecular flexibility index (Phi) is 2.32. The van der Waals surface area contributed by atoms with Gasteiger partial charge in [-0.3, -0.25) is 9.78 Å². The topological polar surface area (TPSA) is 83.6 Å². The molecule has 0 fully saturated rings. The Morgan fingerprint density at radius 3 is 3.29 bits per heavy atom. The summed E-state index contributed by atoms with van der Waals surface area (Å²) < 4.78 is 0. The Hall–Kier alpha value is -2.24. The molecule has 1 atom stereocenters. The van der Waals surface area contributed by atoms with Gasteiger partial charge in [0.25, 0.3) is 5.91 Å². The molecular weight excluding hydrogens is 218 g/mol. The maximum Gasteiger partial charge on any atom is 0.273 e. The summed E-state index contributed by atoms with van der Waals surface area (Å²) in [5.41, 5.74) is 2.47. The van der Waals surface area contributed by atoms with Gasteiger partial charge in [-0.1, -0.05) is 6.07 Å². The van der Waals surface area contributed by atoms with E-state index in [9.17, 15) is 4.79 Å². The molecule has 1 aliphatic carbocycles. The van der Waals surface area contributed by atoms with Gasteiger partial charge in [-0.05, 0) is 24.5 Å². The number of aromatic nitrogens is 4. The van der Waals surface area contributed by atoms with Crippen LogP contribution in [-0.4, -0.2) is 26.3 Å². The molecule has 0 aromatic carbocycles. The molecule has 0 saturated heterocycles. The first-order valence-electron chi connectivity index (χ1n) is 5.45. The summed E-state index contributed by atoms with van der Waals surface area (Å²) in [6.07, 6.45) is 4.99.